The smallest absolute Gasteiger partial charge is 0.249 e. The Labute approximate surface area is 354 Å². The van der Waals surface area contributed by atoms with Crippen molar-refractivity contribution < 1.29 is 50.0 Å². The van der Waals surface area contributed by atoms with Gasteiger partial charge in [-0.25, -0.2) is 0 Å². The Balaban J connectivity index is 2.37. The third-order valence-electron chi connectivity index (χ3n) is 12.2. The van der Waals surface area contributed by atoms with Crippen LogP contribution in [-0.2, 0) is 14.3 Å². The van der Waals surface area contributed by atoms with Gasteiger partial charge in [0.15, 0.2) is 6.29 Å². The van der Waals surface area contributed by atoms with Gasteiger partial charge in [-0.05, 0) is 12.8 Å². The summed E-state index contributed by atoms with van der Waals surface area (Å²) in [5, 5.41) is 75.6. The lowest BCUT2D eigenvalue weighted by molar-refractivity contribution is -0.303. The van der Waals surface area contributed by atoms with Crippen molar-refractivity contribution in [1.82, 2.24) is 5.32 Å². The molecule has 1 aliphatic heterocycles. The van der Waals surface area contributed by atoms with E-state index in [2.05, 4.69) is 19.2 Å². The lowest BCUT2D eigenvalue weighted by atomic mass is 9.98. The fourth-order valence-corrected chi connectivity index (χ4v) is 8.09. The van der Waals surface area contributed by atoms with E-state index < -0.39 is 74.2 Å². The minimum atomic E-state index is -1.66. The molecule has 1 fully saturated rings. The van der Waals surface area contributed by atoms with Gasteiger partial charge in [0, 0.05) is 0 Å². The van der Waals surface area contributed by atoms with E-state index in [1.165, 1.54) is 148 Å². The van der Waals surface area contributed by atoms with Crippen LogP contribution in [0.2, 0.25) is 0 Å². The minimum absolute atomic E-state index is 0.266. The number of amides is 1. The van der Waals surface area contributed by atoms with E-state index in [9.17, 15) is 40.5 Å². The van der Waals surface area contributed by atoms with Crippen LogP contribution in [0.3, 0.4) is 0 Å². The van der Waals surface area contributed by atoms with Crippen LogP contribution in [-0.4, -0.2) is 110 Å². The van der Waals surface area contributed by atoms with Crippen LogP contribution in [0.1, 0.15) is 226 Å². The summed E-state index contributed by atoms with van der Waals surface area (Å²) in [7, 11) is 0. The zero-order chi connectivity index (χ0) is 42.6. The maximum Gasteiger partial charge on any atom is 0.249 e. The molecule has 0 saturated carbocycles. The molecular formula is C47H93NO10. The van der Waals surface area contributed by atoms with E-state index in [0.29, 0.717) is 19.3 Å². The van der Waals surface area contributed by atoms with E-state index in [1.807, 2.05) is 0 Å². The monoisotopic (exact) mass is 832 g/mol. The average Bonchev–Trinajstić information content (AvgIpc) is 3.22. The van der Waals surface area contributed by atoms with Gasteiger partial charge in [0.1, 0.15) is 36.6 Å². The molecule has 0 bridgehead atoms. The first-order valence-electron chi connectivity index (χ1n) is 24.4. The molecule has 0 aromatic heterocycles. The predicted molar refractivity (Wildman–Crippen MR) is 233 cm³/mol. The fraction of sp³-hybridized carbons (Fsp3) is 0.979. The van der Waals surface area contributed by atoms with E-state index >= 15 is 0 Å². The molecule has 1 aliphatic rings. The first-order valence-corrected chi connectivity index (χ1v) is 24.4. The Hall–Kier alpha value is -0.890. The molecule has 1 saturated heterocycles. The maximum atomic E-state index is 13.1. The molecule has 346 valence electrons. The number of aliphatic hydroxyl groups is 7. The molecule has 11 heteroatoms. The Morgan fingerprint density at radius 2 is 0.897 bits per heavy atom. The van der Waals surface area contributed by atoms with Gasteiger partial charge in [-0.1, -0.05) is 213 Å². The molecule has 0 radical (unpaired) electrons. The molecule has 0 spiro atoms. The van der Waals surface area contributed by atoms with Gasteiger partial charge in [-0.2, -0.15) is 0 Å². The highest BCUT2D eigenvalue weighted by molar-refractivity contribution is 5.80. The van der Waals surface area contributed by atoms with Gasteiger partial charge in [0.05, 0.1) is 25.4 Å². The number of carbonyl (C=O) groups excluding carboxylic acids is 1. The lowest BCUT2D eigenvalue weighted by Gasteiger charge is -2.40. The second kappa shape index (κ2) is 37.8. The van der Waals surface area contributed by atoms with Crippen molar-refractivity contribution in [1.29, 1.82) is 0 Å². The summed E-state index contributed by atoms with van der Waals surface area (Å²) in [6, 6.07) is -1.16. The van der Waals surface area contributed by atoms with Crippen molar-refractivity contribution >= 4 is 5.91 Å². The van der Waals surface area contributed by atoms with Gasteiger partial charge in [-0.3, -0.25) is 4.79 Å². The van der Waals surface area contributed by atoms with E-state index in [4.69, 9.17) is 9.47 Å². The van der Waals surface area contributed by atoms with Crippen molar-refractivity contribution in [2.45, 2.75) is 281 Å². The number of carbonyl (C=O) groups is 1. The Morgan fingerprint density at radius 3 is 1.28 bits per heavy atom. The zero-order valence-electron chi connectivity index (χ0n) is 37.3. The minimum Gasteiger partial charge on any atom is -0.394 e. The van der Waals surface area contributed by atoms with Crippen LogP contribution in [0.25, 0.3) is 0 Å². The molecule has 1 heterocycles. The summed E-state index contributed by atoms with van der Waals surface area (Å²) in [6.45, 7) is 3.44. The van der Waals surface area contributed by atoms with Crippen molar-refractivity contribution in [3.8, 4) is 0 Å². The highest BCUT2D eigenvalue weighted by atomic mass is 16.7. The zero-order valence-corrected chi connectivity index (χ0v) is 37.3. The second-order valence-corrected chi connectivity index (χ2v) is 17.5. The van der Waals surface area contributed by atoms with Crippen LogP contribution in [0.4, 0.5) is 0 Å². The fourth-order valence-electron chi connectivity index (χ4n) is 8.09. The maximum absolute atomic E-state index is 13.1. The van der Waals surface area contributed by atoms with Crippen molar-refractivity contribution in [2.75, 3.05) is 13.2 Å². The van der Waals surface area contributed by atoms with E-state index in [0.717, 1.165) is 38.5 Å². The quantitative estimate of drug-likeness (QED) is 0.0279. The molecule has 1 amide bonds. The average molecular weight is 832 g/mol. The first-order chi connectivity index (χ1) is 28.2. The van der Waals surface area contributed by atoms with Gasteiger partial charge in [0.2, 0.25) is 5.91 Å². The van der Waals surface area contributed by atoms with Crippen molar-refractivity contribution in [2.24, 2.45) is 0 Å². The molecular weight excluding hydrogens is 739 g/mol. The highest BCUT2D eigenvalue weighted by Gasteiger charge is 2.44. The lowest BCUT2D eigenvalue weighted by Crippen LogP contribution is -2.60. The first kappa shape index (κ1) is 55.1. The molecule has 0 aliphatic carbocycles. The summed E-state index contributed by atoms with van der Waals surface area (Å²) in [5.74, 6) is -0.693. The van der Waals surface area contributed by atoms with Crippen LogP contribution in [0, 0.1) is 0 Å². The number of nitrogens with one attached hydrogen (secondary N) is 1. The second-order valence-electron chi connectivity index (χ2n) is 17.5. The summed E-state index contributed by atoms with van der Waals surface area (Å²) in [6.07, 6.45) is 27.3. The van der Waals surface area contributed by atoms with E-state index in [1.54, 1.807) is 0 Å². The number of hydrogen-bond donors (Lipinski definition) is 8. The third kappa shape index (κ3) is 27.1. The number of rotatable bonds is 41. The standard InChI is InChI=1S/C47H93NO10/c1-3-5-7-9-11-13-15-16-17-18-19-20-21-22-23-25-27-29-31-33-35-40(51)46(56)48-38(37-57-47-45(55)44(54)43(53)41(36-49)58-47)42(52)39(50)34-32-30-28-26-24-14-12-10-8-6-4-2/h38-45,47,49-55H,3-37H2,1-2H3,(H,48,56)/t38-,39-,40?,41-,42+,43+,44+,45-,47+/m1/s1. The van der Waals surface area contributed by atoms with Crippen molar-refractivity contribution in [3.05, 3.63) is 0 Å². The van der Waals surface area contributed by atoms with Crippen LogP contribution >= 0.6 is 0 Å². The van der Waals surface area contributed by atoms with Crippen LogP contribution < -0.4 is 5.32 Å². The topological polar surface area (TPSA) is 189 Å². The van der Waals surface area contributed by atoms with Gasteiger partial charge < -0.3 is 50.5 Å². The Bertz CT molecular complexity index is 913. The molecule has 9 atom stereocenters. The summed E-state index contributed by atoms with van der Waals surface area (Å²) < 4.78 is 11.1. The van der Waals surface area contributed by atoms with Crippen molar-refractivity contribution in [3.63, 3.8) is 0 Å². The molecule has 0 aromatic rings. The van der Waals surface area contributed by atoms with Crippen LogP contribution in [0.15, 0.2) is 0 Å². The van der Waals surface area contributed by atoms with Gasteiger partial charge in [-0.15, -0.1) is 0 Å². The molecule has 58 heavy (non-hydrogen) atoms. The third-order valence-corrected chi connectivity index (χ3v) is 12.2. The number of unbranched alkanes of at least 4 members (excludes halogenated alkanes) is 29. The molecule has 8 N–H and O–H groups in total. The highest BCUT2D eigenvalue weighted by Crippen LogP contribution is 2.23. The summed E-state index contributed by atoms with van der Waals surface area (Å²) >= 11 is 0. The van der Waals surface area contributed by atoms with Gasteiger partial charge in [0.25, 0.3) is 0 Å². The van der Waals surface area contributed by atoms with Crippen LogP contribution in [0.5, 0.6) is 0 Å². The summed E-state index contributed by atoms with van der Waals surface area (Å²) in [4.78, 5) is 13.1. The van der Waals surface area contributed by atoms with E-state index in [-0.39, 0.29) is 6.42 Å². The normalized spacial score (nSPS) is 21.8. The van der Waals surface area contributed by atoms with Gasteiger partial charge >= 0.3 is 0 Å². The number of hydrogen-bond acceptors (Lipinski definition) is 10. The number of aliphatic hydroxyl groups excluding tert-OH is 7. The predicted octanol–water partition coefficient (Wildman–Crippen LogP) is 8.28. The Kier molecular flexibility index (Phi) is 36.0. The largest absolute Gasteiger partial charge is 0.394 e. The number of ether oxygens (including phenoxy) is 2. The SMILES string of the molecule is CCCCCCCCCCCCCCCCCCCCCCC(O)C(=O)N[C@H](CO[C@H]1O[C@H](CO)[C@H](O)[C@H](O)[C@H]1O)[C@H](O)[C@H](O)CCCCCCCCCCCCC. The summed E-state index contributed by atoms with van der Waals surface area (Å²) in [5.41, 5.74) is 0. The molecule has 11 nitrogen and oxygen atoms in total. The molecule has 1 unspecified atom stereocenters. The molecule has 0 aromatic carbocycles. The molecule has 1 rings (SSSR count). The Morgan fingerprint density at radius 1 is 0.534 bits per heavy atom.